The second-order valence-electron chi connectivity index (χ2n) is 8.25. The smallest absolute Gasteiger partial charge is 0.338 e. The number of hydrogen-bond acceptors (Lipinski definition) is 12. The van der Waals surface area contributed by atoms with Gasteiger partial charge in [0.1, 0.15) is 13.2 Å². The van der Waals surface area contributed by atoms with E-state index in [-0.39, 0.29) is 64.6 Å². The van der Waals surface area contributed by atoms with Gasteiger partial charge in [-0.2, -0.15) is 0 Å². The standard InChI is InChI=1S/C27H23Br3O12/c1-37-19-7-12(4-16(28)22(19)31)25(34)40-10-15(42-27(36)14-6-18(30)24(33)21(9-14)39-3)11-41-26(35)13-5-17(29)23(32)20(8-13)38-2/h4-9,15,31-33H,10-11H2,1-3H3. The molecule has 0 saturated heterocycles. The van der Waals surface area contributed by atoms with Gasteiger partial charge in [0, 0.05) is 0 Å². The van der Waals surface area contributed by atoms with Crippen LogP contribution in [0.2, 0.25) is 0 Å². The molecule has 12 nitrogen and oxygen atoms in total. The van der Waals surface area contributed by atoms with E-state index in [2.05, 4.69) is 47.8 Å². The molecule has 3 aromatic carbocycles. The molecule has 0 aliphatic carbocycles. The molecule has 0 radical (unpaired) electrons. The molecule has 224 valence electrons. The third-order valence-corrected chi connectivity index (χ3v) is 7.34. The largest absolute Gasteiger partial charge is 0.503 e. The Morgan fingerprint density at radius 3 is 1.21 bits per heavy atom. The van der Waals surface area contributed by atoms with Crippen LogP contribution >= 0.6 is 47.8 Å². The molecule has 0 fully saturated rings. The highest BCUT2D eigenvalue weighted by Crippen LogP contribution is 2.37. The first-order valence-electron chi connectivity index (χ1n) is 11.6. The van der Waals surface area contributed by atoms with E-state index < -0.39 is 37.2 Å². The molecule has 0 saturated carbocycles. The highest BCUT2D eigenvalue weighted by atomic mass is 79.9. The highest BCUT2D eigenvalue weighted by molar-refractivity contribution is 9.11. The Morgan fingerprint density at radius 1 is 0.595 bits per heavy atom. The summed E-state index contributed by atoms with van der Waals surface area (Å²) in [6.07, 6.45) is -1.30. The molecule has 0 aromatic heterocycles. The number of rotatable bonds is 11. The van der Waals surface area contributed by atoms with Gasteiger partial charge < -0.3 is 43.7 Å². The summed E-state index contributed by atoms with van der Waals surface area (Å²) in [4.78, 5) is 38.5. The molecule has 0 heterocycles. The van der Waals surface area contributed by atoms with Crippen LogP contribution in [0.15, 0.2) is 49.8 Å². The number of methoxy groups -OCH3 is 3. The van der Waals surface area contributed by atoms with Gasteiger partial charge in [0.05, 0.1) is 51.4 Å². The van der Waals surface area contributed by atoms with Gasteiger partial charge in [-0.25, -0.2) is 14.4 Å². The molecule has 0 aliphatic rings. The average Bonchev–Trinajstić information content (AvgIpc) is 2.97. The van der Waals surface area contributed by atoms with Crippen LogP contribution in [0.5, 0.6) is 34.5 Å². The van der Waals surface area contributed by atoms with E-state index in [4.69, 9.17) is 28.4 Å². The maximum atomic E-state index is 13.0. The third kappa shape index (κ3) is 7.77. The Labute approximate surface area is 264 Å². The Morgan fingerprint density at radius 2 is 0.905 bits per heavy atom. The molecule has 0 spiro atoms. The van der Waals surface area contributed by atoms with E-state index in [1.807, 2.05) is 0 Å². The number of carbonyl (C=O) groups is 3. The fourth-order valence-corrected chi connectivity index (χ4v) is 4.71. The Hall–Kier alpha value is -3.69. The topological polar surface area (TPSA) is 167 Å². The number of ether oxygens (including phenoxy) is 6. The van der Waals surface area contributed by atoms with E-state index in [9.17, 15) is 29.7 Å². The number of phenols is 3. The summed E-state index contributed by atoms with van der Waals surface area (Å²) in [5.74, 6) is -3.30. The molecule has 42 heavy (non-hydrogen) atoms. The van der Waals surface area contributed by atoms with Crippen LogP contribution in [0.1, 0.15) is 31.1 Å². The van der Waals surface area contributed by atoms with Crippen molar-refractivity contribution in [3.05, 3.63) is 66.5 Å². The predicted molar refractivity (Wildman–Crippen MR) is 157 cm³/mol. The summed E-state index contributed by atoms with van der Waals surface area (Å²) >= 11 is 9.38. The summed E-state index contributed by atoms with van der Waals surface area (Å²) in [5.41, 5.74) is -0.0164. The molecule has 15 heteroatoms. The number of aromatic hydroxyl groups is 3. The maximum absolute atomic E-state index is 13.0. The normalized spacial score (nSPS) is 10.6. The lowest BCUT2D eigenvalue weighted by atomic mass is 10.2. The number of hydrogen-bond donors (Lipinski definition) is 3. The lowest BCUT2D eigenvalue weighted by Gasteiger charge is -2.19. The maximum Gasteiger partial charge on any atom is 0.338 e. The van der Waals surface area contributed by atoms with Gasteiger partial charge in [0.25, 0.3) is 0 Å². The average molecular weight is 779 g/mol. The second-order valence-corrected chi connectivity index (χ2v) is 10.8. The van der Waals surface area contributed by atoms with E-state index in [1.165, 1.54) is 57.7 Å². The molecule has 3 aromatic rings. The number of esters is 3. The summed E-state index contributed by atoms with van der Waals surface area (Å²) < 4.78 is 31.8. The molecule has 0 atom stereocenters. The molecule has 0 bridgehead atoms. The van der Waals surface area contributed by atoms with Gasteiger partial charge in [0.15, 0.2) is 40.6 Å². The second kappa shape index (κ2) is 14.5. The minimum Gasteiger partial charge on any atom is -0.503 e. The zero-order valence-corrected chi connectivity index (χ0v) is 26.9. The van der Waals surface area contributed by atoms with Crippen molar-refractivity contribution in [1.29, 1.82) is 0 Å². The van der Waals surface area contributed by atoms with Crippen LogP contribution in [0.3, 0.4) is 0 Å². The molecule has 3 N–H and O–H groups in total. The van der Waals surface area contributed by atoms with Crippen molar-refractivity contribution in [1.82, 2.24) is 0 Å². The number of halogens is 3. The van der Waals surface area contributed by atoms with E-state index in [0.717, 1.165) is 0 Å². The highest BCUT2D eigenvalue weighted by Gasteiger charge is 2.24. The Kier molecular flexibility index (Phi) is 11.3. The monoisotopic (exact) mass is 776 g/mol. The lowest BCUT2D eigenvalue weighted by Crippen LogP contribution is -2.31. The zero-order valence-electron chi connectivity index (χ0n) is 22.1. The van der Waals surface area contributed by atoms with Crippen LogP contribution in [-0.2, 0) is 14.2 Å². The van der Waals surface area contributed by atoms with E-state index in [0.29, 0.717) is 0 Å². The fraction of sp³-hybridized carbons (Fsp3) is 0.222. The number of phenolic OH excluding ortho intramolecular Hbond substituents is 3. The minimum absolute atomic E-state index is 0.00633. The summed E-state index contributed by atoms with van der Waals surface area (Å²) in [6.45, 7) is -1.09. The van der Waals surface area contributed by atoms with Gasteiger partial charge in [-0.1, -0.05) is 0 Å². The van der Waals surface area contributed by atoms with Crippen molar-refractivity contribution in [2.45, 2.75) is 6.10 Å². The lowest BCUT2D eigenvalue weighted by molar-refractivity contribution is -0.0254. The van der Waals surface area contributed by atoms with Crippen molar-refractivity contribution in [2.75, 3.05) is 34.5 Å². The number of benzene rings is 3. The molecule has 3 rings (SSSR count). The van der Waals surface area contributed by atoms with Crippen molar-refractivity contribution in [2.24, 2.45) is 0 Å². The van der Waals surface area contributed by atoms with Gasteiger partial charge >= 0.3 is 17.9 Å². The van der Waals surface area contributed by atoms with Crippen molar-refractivity contribution < 1.29 is 58.1 Å². The predicted octanol–water partition coefficient (Wildman–Crippen LogP) is 5.36. The van der Waals surface area contributed by atoms with Crippen molar-refractivity contribution in [3.8, 4) is 34.5 Å². The first-order valence-corrected chi connectivity index (χ1v) is 14.0. The molecule has 0 aliphatic heterocycles. The van der Waals surface area contributed by atoms with Gasteiger partial charge in [-0.05, 0) is 84.2 Å². The molecular formula is C27H23Br3O12. The first-order chi connectivity index (χ1) is 19.9. The summed E-state index contributed by atoms with van der Waals surface area (Å²) in [7, 11) is 3.91. The van der Waals surface area contributed by atoms with Gasteiger partial charge in [0.2, 0.25) is 0 Å². The first kappa shape index (κ1) is 32.8. The minimum atomic E-state index is -1.30. The van der Waals surface area contributed by atoms with Crippen LogP contribution in [-0.4, -0.2) is 73.9 Å². The van der Waals surface area contributed by atoms with Crippen LogP contribution < -0.4 is 14.2 Å². The zero-order chi connectivity index (χ0) is 31.1. The quantitative estimate of drug-likeness (QED) is 0.169. The Bertz CT molecular complexity index is 1430. The number of carbonyl (C=O) groups excluding carboxylic acids is 3. The van der Waals surface area contributed by atoms with Crippen LogP contribution in [0.4, 0.5) is 0 Å². The van der Waals surface area contributed by atoms with Crippen LogP contribution in [0.25, 0.3) is 0 Å². The molecular weight excluding hydrogens is 756 g/mol. The third-order valence-electron chi connectivity index (χ3n) is 5.53. The van der Waals surface area contributed by atoms with Gasteiger partial charge in [-0.15, -0.1) is 0 Å². The van der Waals surface area contributed by atoms with E-state index >= 15 is 0 Å². The van der Waals surface area contributed by atoms with Gasteiger partial charge in [-0.3, -0.25) is 0 Å². The Balaban J connectivity index is 1.82. The SMILES string of the molecule is COc1cc(C(=O)OCC(COC(=O)c2cc(Br)c(O)c(OC)c2)OC(=O)c2cc(Br)c(O)c(OC)c2)cc(Br)c1O. The summed E-state index contributed by atoms with van der Waals surface area (Å²) in [5, 5.41) is 30.0. The molecule has 0 unspecified atom stereocenters. The van der Waals surface area contributed by atoms with Crippen molar-refractivity contribution in [3.63, 3.8) is 0 Å². The van der Waals surface area contributed by atoms with Crippen molar-refractivity contribution >= 4 is 65.7 Å². The van der Waals surface area contributed by atoms with Crippen LogP contribution in [0, 0.1) is 0 Å². The fourth-order valence-electron chi connectivity index (χ4n) is 3.38. The van der Waals surface area contributed by atoms with E-state index in [1.54, 1.807) is 0 Å². The molecule has 0 amide bonds. The summed E-state index contributed by atoms with van der Waals surface area (Å²) in [6, 6.07) is 7.63.